The standard InChI is InChI=1S/C17H23BF4N2O2/c1-15(2)16(3,4)26-18(25-15)14(19)13(17(20,21)22)11-9-23-24(10-11)12-7-5-6-8-12/h9-10,12H,5-8H2,1-4H3. The summed E-state index contributed by atoms with van der Waals surface area (Å²) in [4.78, 5) is 0. The molecule has 0 spiro atoms. The molecule has 9 heteroatoms. The van der Waals surface area contributed by atoms with Gasteiger partial charge in [-0.05, 0) is 40.5 Å². The molecule has 0 N–H and O–H groups in total. The van der Waals surface area contributed by atoms with Gasteiger partial charge >= 0.3 is 13.3 Å². The lowest BCUT2D eigenvalue weighted by atomic mass is 9.83. The molecule has 1 aromatic heterocycles. The molecule has 2 aliphatic rings. The van der Waals surface area contributed by atoms with Gasteiger partial charge in [-0.3, -0.25) is 4.68 Å². The molecule has 3 rings (SSSR count). The average molecular weight is 374 g/mol. The van der Waals surface area contributed by atoms with Crippen molar-refractivity contribution in [3.05, 3.63) is 23.7 Å². The number of rotatable bonds is 3. The average Bonchev–Trinajstić information content (AvgIpc) is 3.18. The van der Waals surface area contributed by atoms with Crippen molar-refractivity contribution in [1.29, 1.82) is 0 Å². The van der Waals surface area contributed by atoms with Crippen LogP contribution >= 0.6 is 0 Å². The normalized spacial score (nSPS) is 24.2. The molecular formula is C17H23BF4N2O2. The lowest BCUT2D eigenvalue weighted by Gasteiger charge is -2.32. The molecule has 1 aromatic rings. The van der Waals surface area contributed by atoms with Crippen LogP contribution in [-0.2, 0) is 9.31 Å². The molecule has 0 aromatic carbocycles. The predicted molar refractivity (Wildman–Crippen MR) is 89.9 cm³/mol. The Bertz CT molecular complexity index is 690. The summed E-state index contributed by atoms with van der Waals surface area (Å²) in [7, 11) is -1.70. The SMILES string of the molecule is CC1(C)OB(C(F)=C(c2cnn(C3CCCC3)c2)C(F)(F)F)OC1(C)C. The van der Waals surface area contributed by atoms with Gasteiger partial charge in [0.1, 0.15) is 5.73 Å². The zero-order valence-corrected chi connectivity index (χ0v) is 15.4. The van der Waals surface area contributed by atoms with Crippen molar-refractivity contribution in [3.63, 3.8) is 0 Å². The molecule has 26 heavy (non-hydrogen) atoms. The zero-order valence-electron chi connectivity index (χ0n) is 15.4. The molecule has 1 saturated heterocycles. The van der Waals surface area contributed by atoms with E-state index in [-0.39, 0.29) is 11.6 Å². The Hall–Kier alpha value is -1.35. The minimum absolute atomic E-state index is 0.0677. The van der Waals surface area contributed by atoms with Crippen LogP contribution in [0.15, 0.2) is 18.1 Å². The first-order valence-electron chi connectivity index (χ1n) is 8.79. The molecule has 144 valence electrons. The first-order valence-corrected chi connectivity index (χ1v) is 8.79. The third-order valence-corrected chi connectivity index (χ3v) is 5.57. The quantitative estimate of drug-likeness (QED) is 0.559. The summed E-state index contributed by atoms with van der Waals surface area (Å²) in [5.74, 6) is 0. The summed E-state index contributed by atoms with van der Waals surface area (Å²) in [6, 6.07) is 0.0677. The molecule has 0 bridgehead atoms. The van der Waals surface area contributed by atoms with Crippen LogP contribution in [0.25, 0.3) is 5.57 Å². The first kappa shape index (κ1) is 19.4. The van der Waals surface area contributed by atoms with Crippen LogP contribution in [0.3, 0.4) is 0 Å². The Morgan fingerprint density at radius 2 is 1.69 bits per heavy atom. The second-order valence-electron chi connectivity index (χ2n) is 7.96. The molecule has 0 unspecified atom stereocenters. The van der Waals surface area contributed by atoms with E-state index in [1.807, 2.05) is 0 Å². The van der Waals surface area contributed by atoms with Gasteiger partial charge in [-0.15, -0.1) is 0 Å². The molecule has 1 saturated carbocycles. The minimum atomic E-state index is -4.89. The van der Waals surface area contributed by atoms with E-state index >= 15 is 0 Å². The number of halogens is 4. The van der Waals surface area contributed by atoms with Gasteiger partial charge in [-0.1, -0.05) is 12.8 Å². The molecular weight excluding hydrogens is 351 g/mol. The Kier molecular flexibility index (Phi) is 4.76. The van der Waals surface area contributed by atoms with Crippen LogP contribution in [0, 0.1) is 0 Å². The summed E-state index contributed by atoms with van der Waals surface area (Å²) in [6.07, 6.45) is 1.21. The third kappa shape index (κ3) is 3.43. The molecule has 0 radical (unpaired) electrons. The van der Waals surface area contributed by atoms with Gasteiger partial charge in [0.15, 0.2) is 0 Å². The van der Waals surface area contributed by atoms with Gasteiger partial charge in [0.25, 0.3) is 0 Å². The van der Waals surface area contributed by atoms with Crippen molar-refractivity contribution in [3.8, 4) is 0 Å². The smallest absolute Gasteiger partial charge is 0.398 e. The Balaban J connectivity index is 1.97. The highest BCUT2D eigenvalue weighted by Crippen LogP contribution is 2.44. The van der Waals surface area contributed by atoms with Crippen LogP contribution < -0.4 is 0 Å². The topological polar surface area (TPSA) is 36.3 Å². The molecule has 1 aliphatic heterocycles. The van der Waals surface area contributed by atoms with E-state index in [2.05, 4.69) is 5.10 Å². The van der Waals surface area contributed by atoms with Crippen molar-refractivity contribution in [2.24, 2.45) is 0 Å². The summed E-state index contributed by atoms with van der Waals surface area (Å²) in [6.45, 7) is 6.63. The third-order valence-electron chi connectivity index (χ3n) is 5.57. The molecule has 2 heterocycles. The van der Waals surface area contributed by atoms with E-state index in [1.165, 1.54) is 10.9 Å². The van der Waals surface area contributed by atoms with Crippen molar-refractivity contribution in [2.75, 3.05) is 0 Å². The molecule has 0 atom stereocenters. The van der Waals surface area contributed by atoms with Crippen LogP contribution in [0.1, 0.15) is 65.0 Å². The second-order valence-corrected chi connectivity index (χ2v) is 7.96. The maximum Gasteiger partial charge on any atom is 0.525 e. The highest BCUT2D eigenvalue weighted by Gasteiger charge is 2.55. The fourth-order valence-electron chi connectivity index (χ4n) is 3.34. The van der Waals surface area contributed by atoms with E-state index in [9.17, 15) is 17.6 Å². The fraction of sp³-hybridized carbons (Fsp3) is 0.706. The lowest BCUT2D eigenvalue weighted by Crippen LogP contribution is -2.41. The highest BCUT2D eigenvalue weighted by molar-refractivity contribution is 6.55. The zero-order chi connectivity index (χ0) is 19.3. The second kappa shape index (κ2) is 6.37. The maximum atomic E-state index is 14.9. The first-order chi connectivity index (χ1) is 11.9. The number of aromatic nitrogens is 2. The maximum absolute atomic E-state index is 14.9. The number of hydrogen-bond acceptors (Lipinski definition) is 3. The summed E-state index contributed by atoms with van der Waals surface area (Å²) in [5, 5.41) is 4.03. The monoisotopic (exact) mass is 374 g/mol. The van der Waals surface area contributed by atoms with E-state index in [0.717, 1.165) is 31.9 Å². The van der Waals surface area contributed by atoms with E-state index in [4.69, 9.17) is 9.31 Å². The van der Waals surface area contributed by atoms with Crippen LogP contribution in [0.5, 0.6) is 0 Å². The van der Waals surface area contributed by atoms with Crippen molar-refractivity contribution in [2.45, 2.75) is 76.8 Å². The van der Waals surface area contributed by atoms with E-state index < -0.39 is 35.8 Å². The van der Waals surface area contributed by atoms with Crippen LogP contribution in [-0.4, -0.2) is 34.3 Å². The highest BCUT2D eigenvalue weighted by atomic mass is 19.4. The number of nitrogens with zero attached hydrogens (tertiary/aromatic N) is 2. The van der Waals surface area contributed by atoms with E-state index in [1.54, 1.807) is 27.7 Å². The van der Waals surface area contributed by atoms with Gasteiger partial charge in [0.2, 0.25) is 0 Å². The van der Waals surface area contributed by atoms with Crippen LogP contribution in [0.4, 0.5) is 17.6 Å². The van der Waals surface area contributed by atoms with Gasteiger partial charge < -0.3 is 9.31 Å². The Morgan fingerprint density at radius 1 is 1.15 bits per heavy atom. The molecule has 2 fully saturated rings. The number of hydrogen-bond donors (Lipinski definition) is 0. The molecule has 4 nitrogen and oxygen atoms in total. The Labute approximate surface area is 150 Å². The number of alkyl halides is 3. The number of allylic oxidation sites excluding steroid dienone is 1. The summed E-state index contributed by atoms with van der Waals surface area (Å²) in [5.41, 5.74) is -5.03. The predicted octanol–water partition coefficient (Wildman–Crippen LogP) is 4.87. The van der Waals surface area contributed by atoms with Crippen LogP contribution in [0.2, 0.25) is 0 Å². The van der Waals surface area contributed by atoms with Gasteiger partial charge in [-0.2, -0.15) is 18.3 Å². The van der Waals surface area contributed by atoms with E-state index in [0.29, 0.717) is 0 Å². The largest absolute Gasteiger partial charge is 0.525 e. The van der Waals surface area contributed by atoms with Crippen molar-refractivity contribution in [1.82, 2.24) is 9.78 Å². The van der Waals surface area contributed by atoms with Crippen molar-refractivity contribution < 1.29 is 26.9 Å². The van der Waals surface area contributed by atoms with Gasteiger partial charge in [0, 0.05) is 11.8 Å². The fourth-order valence-corrected chi connectivity index (χ4v) is 3.34. The summed E-state index contributed by atoms with van der Waals surface area (Å²) >= 11 is 0. The lowest BCUT2D eigenvalue weighted by molar-refractivity contribution is -0.0699. The summed E-state index contributed by atoms with van der Waals surface area (Å²) < 4.78 is 68.2. The Morgan fingerprint density at radius 3 is 2.19 bits per heavy atom. The molecule has 0 amide bonds. The van der Waals surface area contributed by atoms with Crippen molar-refractivity contribution >= 4 is 12.7 Å². The van der Waals surface area contributed by atoms with Gasteiger partial charge in [0.05, 0.1) is 29.0 Å². The minimum Gasteiger partial charge on any atom is -0.398 e. The van der Waals surface area contributed by atoms with Gasteiger partial charge in [-0.25, -0.2) is 4.39 Å². The molecule has 1 aliphatic carbocycles.